The van der Waals surface area contributed by atoms with Crippen LogP contribution in [0.4, 0.5) is 0 Å². The summed E-state index contributed by atoms with van der Waals surface area (Å²) in [6.45, 7) is 5.49. The van der Waals surface area contributed by atoms with Gasteiger partial charge >= 0.3 is 5.97 Å². The minimum absolute atomic E-state index is 0.208. The highest BCUT2D eigenvalue weighted by molar-refractivity contribution is 6.32. The highest BCUT2D eigenvalue weighted by Gasteiger charge is 2.32. The van der Waals surface area contributed by atoms with Gasteiger partial charge in [-0.15, -0.1) is 0 Å². The molecule has 0 radical (unpaired) electrons. The molecule has 0 aliphatic carbocycles. The normalized spacial score (nSPS) is 11.1. The van der Waals surface area contributed by atoms with Crippen molar-refractivity contribution in [2.75, 3.05) is 13.7 Å². The first-order valence-electron chi connectivity index (χ1n) is 6.35. The number of carbonyl (C=O) groups excluding carboxylic acids is 2. The van der Waals surface area contributed by atoms with E-state index in [0.29, 0.717) is 10.8 Å². The maximum Gasteiger partial charge on any atom is 0.313 e. The molecular weight excluding hydrogens is 280 g/mol. The topological polar surface area (TPSA) is 52.6 Å². The van der Waals surface area contributed by atoms with Gasteiger partial charge in [0.2, 0.25) is 0 Å². The lowest BCUT2D eigenvalue weighted by Crippen LogP contribution is -2.31. The van der Waals surface area contributed by atoms with Crippen LogP contribution in [0.1, 0.15) is 32.8 Å². The SMILES string of the molecule is CCOC(=O)CC(=O)C(C)(C)c1ccc(Cl)c(OC)c1. The number of hydrogen-bond donors (Lipinski definition) is 0. The number of methoxy groups -OCH3 is 1. The van der Waals surface area contributed by atoms with Gasteiger partial charge in [-0.25, -0.2) is 0 Å². The predicted octanol–water partition coefficient (Wildman–Crippen LogP) is 3.15. The molecule has 0 saturated carbocycles. The number of Topliss-reactive ketones (excluding diaryl/α,β-unsaturated/α-hetero) is 1. The molecule has 1 aromatic rings. The van der Waals surface area contributed by atoms with Gasteiger partial charge in [0.25, 0.3) is 0 Å². The van der Waals surface area contributed by atoms with Crippen LogP contribution in [-0.2, 0) is 19.7 Å². The summed E-state index contributed by atoms with van der Waals surface area (Å²) in [7, 11) is 1.51. The van der Waals surface area contributed by atoms with Crippen molar-refractivity contribution in [3.8, 4) is 5.75 Å². The lowest BCUT2D eigenvalue weighted by molar-refractivity contribution is -0.146. The molecule has 0 atom stereocenters. The van der Waals surface area contributed by atoms with Crippen LogP contribution in [0.3, 0.4) is 0 Å². The van der Waals surface area contributed by atoms with E-state index in [4.69, 9.17) is 21.1 Å². The van der Waals surface area contributed by atoms with Crippen LogP contribution in [0, 0.1) is 0 Å². The van der Waals surface area contributed by atoms with E-state index in [9.17, 15) is 9.59 Å². The standard InChI is InChI=1S/C15H19ClO4/c1-5-20-14(18)9-13(17)15(2,3)10-6-7-11(16)12(8-10)19-4/h6-8H,5,9H2,1-4H3. The van der Waals surface area contributed by atoms with Crippen molar-refractivity contribution < 1.29 is 19.1 Å². The predicted molar refractivity (Wildman–Crippen MR) is 77.3 cm³/mol. The Hall–Kier alpha value is -1.55. The fourth-order valence-electron chi connectivity index (χ4n) is 1.77. The second-order valence-electron chi connectivity index (χ2n) is 4.88. The molecule has 0 amide bonds. The molecule has 0 fully saturated rings. The highest BCUT2D eigenvalue weighted by Crippen LogP contribution is 2.32. The molecule has 0 aliphatic heterocycles. The molecule has 4 nitrogen and oxygen atoms in total. The number of ether oxygens (including phenoxy) is 2. The maximum absolute atomic E-state index is 12.3. The first kappa shape index (κ1) is 16.5. The number of hydrogen-bond acceptors (Lipinski definition) is 4. The van der Waals surface area contributed by atoms with E-state index < -0.39 is 11.4 Å². The molecule has 0 aliphatic rings. The van der Waals surface area contributed by atoms with Gasteiger partial charge in [0.1, 0.15) is 12.2 Å². The summed E-state index contributed by atoms with van der Waals surface area (Å²) in [6.07, 6.45) is -0.244. The molecule has 5 heteroatoms. The molecule has 0 spiro atoms. The Morgan fingerprint density at radius 1 is 1.30 bits per heavy atom. The Kier molecular flexibility index (Phi) is 5.57. The summed E-state index contributed by atoms with van der Waals surface area (Å²) < 4.78 is 9.95. The molecule has 0 heterocycles. The summed E-state index contributed by atoms with van der Waals surface area (Å²) in [6, 6.07) is 5.15. The largest absolute Gasteiger partial charge is 0.495 e. The van der Waals surface area contributed by atoms with E-state index >= 15 is 0 Å². The van der Waals surface area contributed by atoms with Crippen molar-refractivity contribution in [3.63, 3.8) is 0 Å². The van der Waals surface area contributed by atoms with Crippen molar-refractivity contribution in [1.82, 2.24) is 0 Å². The third-order valence-electron chi connectivity index (χ3n) is 3.18. The van der Waals surface area contributed by atoms with Crippen LogP contribution in [0.5, 0.6) is 5.75 Å². The maximum atomic E-state index is 12.3. The molecule has 0 bridgehead atoms. The van der Waals surface area contributed by atoms with Gasteiger partial charge in [0, 0.05) is 5.41 Å². The van der Waals surface area contributed by atoms with Crippen molar-refractivity contribution in [1.29, 1.82) is 0 Å². The van der Waals surface area contributed by atoms with Crippen LogP contribution in [0.2, 0.25) is 5.02 Å². The monoisotopic (exact) mass is 298 g/mol. The van der Waals surface area contributed by atoms with Gasteiger partial charge < -0.3 is 9.47 Å². The lowest BCUT2D eigenvalue weighted by atomic mass is 9.79. The minimum atomic E-state index is -0.815. The van der Waals surface area contributed by atoms with E-state index in [1.165, 1.54) is 7.11 Å². The molecule has 0 N–H and O–H groups in total. The van der Waals surface area contributed by atoms with Gasteiger partial charge in [0.15, 0.2) is 5.78 Å². The number of halogens is 1. The highest BCUT2D eigenvalue weighted by atomic mass is 35.5. The molecule has 110 valence electrons. The summed E-state index contributed by atoms with van der Waals surface area (Å²) in [5.74, 6) is -0.215. The molecule has 0 aromatic heterocycles. The van der Waals surface area contributed by atoms with Gasteiger partial charge in [-0.1, -0.05) is 17.7 Å². The summed E-state index contributed by atoms with van der Waals surface area (Å²) in [4.78, 5) is 23.7. The zero-order chi connectivity index (χ0) is 15.3. The molecule has 1 aromatic carbocycles. The first-order valence-corrected chi connectivity index (χ1v) is 6.73. The molecular formula is C15H19ClO4. The molecule has 1 rings (SSSR count). The Morgan fingerprint density at radius 2 is 1.95 bits per heavy atom. The zero-order valence-corrected chi connectivity index (χ0v) is 12.9. The van der Waals surface area contributed by atoms with Gasteiger partial charge in [-0.05, 0) is 38.5 Å². The van der Waals surface area contributed by atoms with Crippen LogP contribution < -0.4 is 4.74 Å². The van der Waals surface area contributed by atoms with Crippen LogP contribution in [-0.4, -0.2) is 25.5 Å². The second kappa shape index (κ2) is 6.75. The van der Waals surface area contributed by atoms with Gasteiger partial charge in [-0.3, -0.25) is 9.59 Å². The van der Waals surface area contributed by atoms with Gasteiger partial charge in [0.05, 0.1) is 18.7 Å². The van der Waals surface area contributed by atoms with Crippen molar-refractivity contribution >= 4 is 23.4 Å². The Labute approximate surface area is 124 Å². The number of rotatable bonds is 6. The fourth-order valence-corrected chi connectivity index (χ4v) is 1.97. The van der Waals surface area contributed by atoms with E-state index in [2.05, 4.69) is 0 Å². The fraction of sp³-hybridized carbons (Fsp3) is 0.467. The summed E-state index contributed by atoms with van der Waals surface area (Å²) >= 11 is 5.97. The quantitative estimate of drug-likeness (QED) is 0.598. The first-order chi connectivity index (χ1) is 9.32. The van der Waals surface area contributed by atoms with E-state index in [1.807, 2.05) is 0 Å². The Morgan fingerprint density at radius 3 is 2.50 bits per heavy atom. The summed E-state index contributed by atoms with van der Waals surface area (Å²) in [5, 5.41) is 0.477. The van der Waals surface area contributed by atoms with Crippen LogP contribution >= 0.6 is 11.6 Å². The number of esters is 1. The molecule has 0 saturated heterocycles. The lowest BCUT2D eigenvalue weighted by Gasteiger charge is -2.24. The third kappa shape index (κ3) is 3.73. The molecule has 20 heavy (non-hydrogen) atoms. The van der Waals surface area contributed by atoms with Crippen molar-refractivity contribution in [2.45, 2.75) is 32.6 Å². The second-order valence-corrected chi connectivity index (χ2v) is 5.29. The van der Waals surface area contributed by atoms with Crippen LogP contribution in [0.25, 0.3) is 0 Å². The van der Waals surface area contributed by atoms with Crippen LogP contribution in [0.15, 0.2) is 18.2 Å². The zero-order valence-electron chi connectivity index (χ0n) is 12.2. The third-order valence-corrected chi connectivity index (χ3v) is 3.49. The van der Waals surface area contributed by atoms with Crippen molar-refractivity contribution in [3.05, 3.63) is 28.8 Å². The average Bonchev–Trinajstić information content (AvgIpc) is 2.39. The van der Waals surface area contributed by atoms with Gasteiger partial charge in [-0.2, -0.15) is 0 Å². The van der Waals surface area contributed by atoms with E-state index in [-0.39, 0.29) is 18.8 Å². The minimum Gasteiger partial charge on any atom is -0.495 e. The summed E-state index contributed by atoms with van der Waals surface area (Å²) in [5.41, 5.74) is -0.0713. The number of carbonyl (C=O) groups is 2. The Bertz CT molecular complexity index is 509. The molecule has 0 unspecified atom stereocenters. The smallest absolute Gasteiger partial charge is 0.313 e. The van der Waals surface area contributed by atoms with E-state index in [0.717, 1.165) is 5.56 Å². The van der Waals surface area contributed by atoms with E-state index in [1.54, 1.807) is 39.0 Å². The average molecular weight is 299 g/mol. The van der Waals surface area contributed by atoms with Crippen molar-refractivity contribution in [2.24, 2.45) is 0 Å². The number of ketones is 1. The Balaban J connectivity index is 2.97. The number of benzene rings is 1.